The first-order valence-corrected chi connectivity index (χ1v) is 4.99. The Morgan fingerprint density at radius 1 is 1.33 bits per heavy atom. The number of alkyl halides is 1. The van der Waals surface area contributed by atoms with E-state index in [1.807, 2.05) is 0 Å². The zero-order valence-corrected chi connectivity index (χ0v) is 9.45. The van der Waals surface area contributed by atoms with Crippen LogP contribution < -0.4 is 0 Å². The molecule has 0 aliphatic heterocycles. The Balaban J connectivity index is 2.85. The average Bonchev–Trinajstić information content (AvgIpc) is 2.27. The summed E-state index contributed by atoms with van der Waals surface area (Å²) in [5.74, 6) is -1.57. The molecule has 0 fully saturated rings. The van der Waals surface area contributed by atoms with E-state index in [-0.39, 0.29) is 5.56 Å². The minimum Gasteiger partial charge on any atom is -0.468 e. The third-order valence-electron chi connectivity index (χ3n) is 1.77. The van der Waals surface area contributed by atoms with Crippen molar-refractivity contribution in [1.82, 2.24) is 0 Å². The molecule has 0 heterocycles. The quantitative estimate of drug-likeness (QED) is 0.366. The Hall–Kier alpha value is -1.23. The summed E-state index contributed by atoms with van der Waals surface area (Å²) in [5.41, 5.74) is 0.253. The number of benzene rings is 1. The molecule has 15 heavy (non-hydrogen) atoms. The Bertz CT molecular complexity index is 375. The molecule has 0 unspecified atom stereocenters. The van der Waals surface area contributed by atoms with Crippen LogP contribution in [0.15, 0.2) is 24.3 Å². The molecule has 0 amide bonds. The minimum atomic E-state index is -1.05. The zero-order chi connectivity index (χ0) is 11.4. The van der Waals surface area contributed by atoms with Crippen LogP contribution in [0.4, 0.5) is 4.39 Å². The summed E-state index contributed by atoms with van der Waals surface area (Å²) in [5, 5.41) is 0. The molecule has 0 aromatic heterocycles. The number of ketones is 1. The first kappa shape index (κ1) is 11.8. The lowest BCUT2D eigenvalue weighted by Gasteiger charge is -2.06. The fraction of sp³-hybridized carbons (Fsp3) is 0.200. The highest BCUT2D eigenvalue weighted by molar-refractivity contribution is 9.10. The van der Waals surface area contributed by atoms with Crippen molar-refractivity contribution >= 4 is 27.7 Å². The number of halogens is 2. The van der Waals surface area contributed by atoms with E-state index in [0.717, 1.165) is 12.1 Å². The van der Waals surface area contributed by atoms with Crippen LogP contribution in [0.2, 0.25) is 0 Å². The van der Waals surface area contributed by atoms with Crippen LogP contribution in [0, 0.1) is 5.82 Å². The van der Waals surface area contributed by atoms with Crippen LogP contribution in [0.5, 0.6) is 0 Å². The van der Waals surface area contributed by atoms with Gasteiger partial charge < -0.3 is 4.74 Å². The van der Waals surface area contributed by atoms with Gasteiger partial charge in [-0.15, -0.1) is 0 Å². The van der Waals surface area contributed by atoms with Gasteiger partial charge in [-0.2, -0.15) is 0 Å². The summed E-state index contributed by atoms with van der Waals surface area (Å²) in [7, 11) is 1.19. The SMILES string of the molecule is COC(=O)[C@H](Br)C(=O)c1ccc(F)cc1. The van der Waals surface area contributed by atoms with Gasteiger partial charge in [0.1, 0.15) is 5.82 Å². The van der Waals surface area contributed by atoms with Crippen LogP contribution in [0.1, 0.15) is 10.4 Å². The minimum absolute atomic E-state index is 0.253. The lowest BCUT2D eigenvalue weighted by Crippen LogP contribution is -2.25. The molecule has 3 nitrogen and oxygen atoms in total. The number of hydrogen-bond acceptors (Lipinski definition) is 3. The van der Waals surface area contributed by atoms with Gasteiger partial charge in [0.25, 0.3) is 0 Å². The number of methoxy groups -OCH3 is 1. The monoisotopic (exact) mass is 274 g/mol. The number of hydrogen-bond donors (Lipinski definition) is 0. The van der Waals surface area contributed by atoms with Gasteiger partial charge in [-0.1, -0.05) is 15.9 Å². The van der Waals surface area contributed by atoms with Crippen LogP contribution >= 0.6 is 15.9 Å². The first-order valence-electron chi connectivity index (χ1n) is 4.08. The second-order valence-electron chi connectivity index (χ2n) is 2.76. The Kier molecular flexibility index (Phi) is 3.96. The largest absolute Gasteiger partial charge is 0.468 e. The van der Waals surface area contributed by atoms with Crippen molar-refractivity contribution in [3.8, 4) is 0 Å². The Morgan fingerprint density at radius 2 is 1.87 bits per heavy atom. The predicted octanol–water partition coefficient (Wildman–Crippen LogP) is 1.94. The molecular formula is C10H8BrFO3. The molecule has 0 bridgehead atoms. The predicted molar refractivity (Wildman–Crippen MR) is 55.5 cm³/mol. The second kappa shape index (κ2) is 5.02. The molecule has 0 aliphatic rings. The number of rotatable bonds is 3. The van der Waals surface area contributed by atoms with E-state index < -0.39 is 22.4 Å². The van der Waals surface area contributed by atoms with E-state index >= 15 is 0 Å². The van der Waals surface area contributed by atoms with Crippen molar-refractivity contribution in [3.05, 3.63) is 35.6 Å². The molecule has 0 radical (unpaired) electrons. The molecule has 0 spiro atoms. The molecule has 1 aromatic rings. The van der Waals surface area contributed by atoms with E-state index in [4.69, 9.17) is 0 Å². The average molecular weight is 275 g/mol. The summed E-state index contributed by atoms with van der Waals surface area (Å²) in [6, 6.07) is 4.94. The normalized spacial score (nSPS) is 11.9. The molecule has 5 heteroatoms. The maximum atomic E-state index is 12.6. The molecule has 80 valence electrons. The van der Waals surface area contributed by atoms with Gasteiger partial charge in [-0.25, -0.2) is 4.39 Å². The second-order valence-corrected chi connectivity index (χ2v) is 3.67. The smallest absolute Gasteiger partial charge is 0.327 e. The maximum Gasteiger partial charge on any atom is 0.327 e. The fourth-order valence-electron chi connectivity index (χ4n) is 0.971. The summed E-state index contributed by atoms with van der Waals surface area (Å²) < 4.78 is 17.0. The van der Waals surface area contributed by atoms with E-state index in [1.165, 1.54) is 19.2 Å². The maximum absolute atomic E-state index is 12.6. The number of esters is 1. The summed E-state index contributed by atoms with van der Waals surface area (Å²) in [6.45, 7) is 0. The molecular weight excluding hydrogens is 267 g/mol. The highest BCUT2D eigenvalue weighted by atomic mass is 79.9. The molecule has 1 atom stereocenters. The van der Waals surface area contributed by atoms with Crippen LogP contribution in [-0.2, 0) is 9.53 Å². The summed E-state index contributed by atoms with van der Waals surface area (Å²) in [4.78, 5) is 21.6. The Morgan fingerprint density at radius 3 is 2.33 bits per heavy atom. The van der Waals surface area contributed by atoms with Gasteiger partial charge in [0.05, 0.1) is 7.11 Å². The lowest BCUT2D eigenvalue weighted by molar-refractivity contribution is -0.138. The molecule has 0 N–H and O–H groups in total. The van der Waals surface area contributed by atoms with Gasteiger partial charge >= 0.3 is 5.97 Å². The third-order valence-corrected chi connectivity index (χ3v) is 2.56. The summed E-state index contributed by atoms with van der Waals surface area (Å²) in [6.07, 6.45) is 0. The highest BCUT2D eigenvalue weighted by Gasteiger charge is 2.25. The van der Waals surface area contributed by atoms with Crippen LogP contribution in [0.3, 0.4) is 0 Å². The third kappa shape index (κ3) is 2.86. The molecule has 0 saturated heterocycles. The van der Waals surface area contributed by atoms with Crippen molar-refractivity contribution in [2.75, 3.05) is 7.11 Å². The highest BCUT2D eigenvalue weighted by Crippen LogP contribution is 2.12. The van der Waals surface area contributed by atoms with Gasteiger partial charge in [0, 0.05) is 5.56 Å². The standard InChI is InChI=1S/C10H8BrFO3/c1-15-10(14)8(11)9(13)6-2-4-7(12)5-3-6/h2-5,8H,1H3/t8-/m1/s1. The van der Waals surface area contributed by atoms with Crippen LogP contribution in [0.25, 0.3) is 0 Å². The van der Waals surface area contributed by atoms with Gasteiger partial charge in [-0.3, -0.25) is 9.59 Å². The van der Waals surface area contributed by atoms with E-state index in [0.29, 0.717) is 0 Å². The molecule has 1 aromatic carbocycles. The lowest BCUT2D eigenvalue weighted by atomic mass is 10.1. The van der Waals surface area contributed by atoms with E-state index in [2.05, 4.69) is 20.7 Å². The van der Waals surface area contributed by atoms with Gasteiger partial charge in [0.2, 0.25) is 0 Å². The molecule has 1 rings (SSSR count). The summed E-state index contributed by atoms with van der Waals surface area (Å²) >= 11 is 2.91. The van der Waals surface area contributed by atoms with Crippen molar-refractivity contribution in [2.45, 2.75) is 4.83 Å². The molecule has 0 aliphatic carbocycles. The van der Waals surface area contributed by atoms with Crippen molar-refractivity contribution in [1.29, 1.82) is 0 Å². The topological polar surface area (TPSA) is 43.4 Å². The van der Waals surface area contributed by atoms with Crippen molar-refractivity contribution < 1.29 is 18.7 Å². The Labute approximate surface area is 94.4 Å². The van der Waals surface area contributed by atoms with Crippen molar-refractivity contribution in [2.24, 2.45) is 0 Å². The van der Waals surface area contributed by atoms with E-state index in [9.17, 15) is 14.0 Å². The zero-order valence-electron chi connectivity index (χ0n) is 7.87. The fourth-order valence-corrected chi connectivity index (χ4v) is 1.42. The number of Topliss-reactive ketones (excluding diaryl/α,β-unsaturated/α-hetero) is 1. The number of carbonyl (C=O) groups excluding carboxylic acids is 2. The van der Waals surface area contributed by atoms with Crippen molar-refractivity contribution in [3.63, 3.8) is 0 Å². The first-order chi connectivity index (χ1) is 7.06. The molecule has 0 saturated carbocycles. The number of ether oxygens (including phenoxy) is 1. The van der Waals surface area contributed by atoms with E-state index in [1.54, 1.807) is 0 Å². The van der Waals surface area contributed by atoms with Gasteiger partial charge in [-0.05, 0) is 24.3 Å². The number of carbonyl (C=O) groups is 2. The van der Waals surface area contributed by atoms with Gasteiger partial charge in [0.15, 0.2) is 10.6 Å². The van der Waals surface area contributed by atoms with Crippen LogP contribution in [-0.4, -0.2) is 23.7 Å².